The van der Waals surface area contributed by atoms with E-state index in [-0.39, 0.29) is 0 Å². The van der Waals surface area contributed by atoms with Gasteiger partial charge in [-0.2, -0.15) is 0 Å². The predicted octanol–water partition coefficient (Wildman–Crippen LogP) is 5.47. The molecular formula is C17H26IN. The van der Waals surface area contributed by atoms with Gasteiger partial charge in [-0.05, 0) is 66.4 Å². The minimum absolute atomic E-state index is 0.511. The lowest BCUT2D eigenvalue weighted by atomic mass is 10.00. The number of hydrogen-bond acceptors (Lipinski definition) is 1. The Morgan fingerprint density at radius 2 is 2.05 bits per heavy atom. The van der Waals surface area contributed by atoms with Gasteiger partial charge in [-0.3, -0.25) is 0 Å². The van der Waals surface area contributed by atoms with Gasteiger partial charge < -0.3 is 5.32 Å². The molecule has 1 aromatic carbocycles. The maximum Gasteiger partial charge on any atom is 0.0330 e. The first-order valence-electron chi connectivity index (χ1n) is 7.38. The van der Waals surface area contributed by atoms with E-state index >= 15 is 0 Å². The zero-order chi connectivity index (χ0) is 13.9. The number of unbranched alkanes of at least 4 members (excludes halogenated alkanes) is 3. The molecule has 0 aromatic heterocycles. The number of benzene rings is 1. The summed E-state index contributed by atoms with van der Waals surface area (Å²) in [5.74, 6) is 0. The molecule has 106 valence electrons. The molecule has 0 spiro atoms. The Bertz CT molecular complexity index is 362. The Balaban J connectivity index is 2.52. The summed E-state index contributed by atoms with van der Waals surface area (Å²) < 4.78 is 1.37. The van der Waals surface area contributed by atoms with E-state index in [9.17, 15) is 0 Å². The van der Waals surface area contributed by atoms with Crippen molar-refractivity contribution in [2.75, 3.05) is 6.54 Å². The zero-order valence-electron chi connectivity index (χ0n) is 12.0. The summed E-state index contributed by atoms with van der Waals surface area (Å²) in [5, 5.41) is 3.69. The van der Waals surface area contributed by atoms with Crippen molar-refractivity contribution in [1.82, 2.24) is 5.32 Å². The lowest BCUT2D eigenvalue weighted by Crippen LogP contribution is -2.22. The van der Waals surface area contributed by atoms with Crippen LogP contribution in [0, 0.1) is 3.57 Å². The fourth-order valence-corrected chi connectivity index (χ4v) is 3.02. The fraction of sp³-hybridized carbons (Fsp3) is 0.529. The van der Waals surface area contributed by atoms with E-state index in [0.29, 0.717) is 6.04 Å². The molecule has 1 unspecified atom stereocenters. The molecule has 0 saturated heterocycles. The summed E-state index contributed by atoms with van der Waals surface area (Å²) in [7, 11) is 0. The van der Waals surface area contributed by atoms with Crippen molar-refractivity contribution >= 4 is 22.6 Å². The molecule has 1 aromatic rings. The second kappa shape index (κ2) is 10.4. The number of allylic oxidation sites excluding steroid dienone is 1. The average Bonchev–Trinajstić information content (AvgIpc) is 2.43. The van der Waals surface area contributed by atoms with E-state index < -0.39 is 0 Å². The standard InChI is InChI=1S/C17H26IN/c1-3-5-6-7-8-13-17(19-14-4-2)15-11-9-10-12-16(15)18/h3,9-12,17,19H,1,4-8,13-14H2,2H3. The van der Waals surface area contributed by atoms with Gasteiger partial charge in [0.1, 0.15) is 0 Å². The summed E-state index contributed by atoms with van der Waals surface area (Å²) in [6.45, 7) is 7.11. The number of halogens is 1. The highest BCUT2D eigenvalue weighted by Crippen LogP contribution is 2.24. The fourth-order valence-electron chi connectivity index (χ4n) is 2.26. The molecule has 0 bridgehead atoms. The molecule has 0 heterocycles. The summed E-state index contributed by atoms with van der Waals surface area (Å²) >= 11 is 2.45. The first-order valence-corrected chi connectivity index (χ1v) is 8.46. The van der Waals surface area contributed by atoms with E-state index in [1.807, 2.05) is 6.08 Å². The van der Waals surface area contributed by atoms with Crippen LogP contribution in [0.1, 0.15) is 57.1 Å². The molecule has 0 fully saturated rings. The minimum Gasteiger partial charge on any atom is -0.310 e. The second-order valence-corrected chi connectivity index (χ2v) is 6.12. The van der Waals surface area contributed by atoms with Crippen LogP contribution in [-0.4, -0.2) is 6.54 Å². The van der Waals surface area contributed by atoms with Crippen molar-refractivity contribution in [3.63, 3.8) is 0 Å². The van der Waals surface area contributed by atoms with Gasteiger partial charge in [-0.1, -0.05) is 44.0 Å². The molecule has 1 nitrogen and oxygen atoms in total. The topological polar surface area (TPSA) is 12.0 Å². The highest BCUT2D eigenvalue weighted by atomic mass is 127. The zero-order valence-corrected chi connectivity index (χ0v) is 14.2. The second-order valence-electron chi connectivity index (χ2n) is 4.95. The average molecular weight is 371 g/mol. The quantitative estimate of drug-likeness (QED) is 0.327. The van der Waals surface area contributed by atoms with Gasteiger partial charge in [0, 0.05) is 9.61 Å². The van der Waals surface area contributed by atoms with Crippen LogP contribution in [0.3, 0.4) is 0 Å². The molecule has 0 saturated carbocycles. The van der Waals surface area contributed by atoms with E-state index in [1.54, 1.807) is 0 Å². The lowest BCUT2D eigenvalue weighted by Gasteiger charge is -2.20. The molecule has 1 rings (SSSR count). The van der Waals surface area contributed by atoms with Crippen LogP contribution in [-0.2, 0) is 0 Å². The van der Waals surface area contributed by atoms with Gasteiger partial charge >= 0.3 is 0 Å². The van der Waals surface area contributed by atoms with E-state index in [2.05, 4.69) is 65.7 Å². The van der Waals surface area contributed by atoms with Gasteiger partial charge in [-0.15, -0.1) is 6.58 Å². The maximum absolute atomic E-state index is 3.78. The predicted molar refractivity (Wildman–Crippen MR) is 93.5 cm³/mol. The minimum atomic E-state index is 0.511. The molecule has 0 aliphatic heterocycles. The van der Waals surface area contributed by atoms with Gasteiger partial charge in [0.2, 0.25) is 0 Å². The molecule has 0 amide bonds. The Morgan fingerprint density at radius 1 is 1.26 bits per heavy atom. The molecule has 0 aliphatic carbocycles. The number of hydrogen-bond donors (Lipinski definition) is 1. The summed E-state index contributed by atoms with van der Waals surface area (Å²) in [6.07, 6.45) is 9.46. The molecular weight excluding hydrogens is 345 g/mol. The van der Waals surface area contributed by atoms with Crippen molar-refractivity contribution in [1.29, 1.82) is 0 Å². The first kappa shape index (κ1) is 16.7. The van der Waals surface area contributed by atoms with Crippen LogP contribution < -0.4 is 5.32 Å². The molecule has 0 aliphatic rings. The normalized spacial score (nSPS) is 12.3. The van der Waals surface area contributed by atoms with Crippen LogP contribution in [0.25, 0.3) is 0 Å². The molecule has 2 heteroatoms. The molecule has 1 N–H and O–H groups in total. The van der Waals surface area contributed by atoms with Gasteiger partial charge in [0.15, 0.2) is 0 Å². The van der Waals surface area contributed by atoms with Gasteiger partial charge in [-0.25, -0.2) is 0 Å². The monoisotopic (exact) mass is 371 g/mol. The summed E-state index contributed by atoms with van der Waals surface area (Å²) in [5.41, 5.74) is 1.46. The lowest BCUT2D eigenvalue weighted by molar-refractivity contribution is 0.470. The van der Waals surface area contributed by atoms with Crippen molar-refractivity contribution < 1.29 is 0 Å². The Kier molecular flexibility index (Phi) is 9.18. The van der Waals surface area contributed by atoms with Gasteiger partial charge in [0.05, 0.1) is 0 Å². The van der Waals surface area contributed by atoms with Crippen LogP contribution in [0.15, 0.2) is 36.9 Å². The number of rotatable bonds is 10. The third kappa shape index (κ3) is 6.57. The third-order valence-corrected chi connectivity index (χ3v) is 4.30. The Labute approximate surface area is 132 Å². The van der Waals surface area contributed by atoms with Crippen molar-refractivity contribution in [2.45, 2.75) is 51.5 Å². The van der Waals surface area contributed by atoms with Crippen LogP contribution >= 0.6 is 22.6 Å². The van der Waals surface area contributed by atoms with Crippen molar-refractivity contribution in [2.24, 2.45) is 0 Å². The Hall–Kier alpha value is -0.350. The van der Waals surface area contributed by atoms with E-state index in [1.165, 1.54) is 41.2 Å². The smallest absolute Gasteiger partial charge is 0.0330 e. The van der Waals surface area contributed by atoms with E-state index in [0.717, 1.165) is 13.0 Å². The molecule has 1 atom stereocenters. The third-order valence-electron chi connectivity index (χ3n) is 3.32. The first-order chi connectivity index (χ1) is 9.29. The van der Waals surface area contributed by atoms with Gasteiger partial charge in [0.25, 0.3) is 0 Å². The summed E-state index contributed by atoms with van der Waals surface area (Å²) in [6, 6.07) is 9.24. The summed E-state index contributed by atoms with van der Waals surface area (Å²) in [4.78, 5) is 0. The van der Waals surface area contributed by atoms with Crippen LogP contribution in [0.5, 0.6) is 0 Å². The highest BCUT2D eigenvalue weighted by molar-refractivity contribution is 14.1. The van der Waals surface area contributed by atoms with Crippen LogP contribution in [0.2, 0.25) is 0 Å². The molecule has 0 radical (unpaired) electrons. The largest absolute Gasteiger partial charge is 0.310 e. The SMILES string of the molecule is C=CCCCCCC(NCCC)c1ccccc1I. The number of nitrogens with one attached hydrogen (secondary N) is 1. The van der Waals surface area contributed by atoms with Crippen molar-refractivity contribution in [3.8, 4) is 0 Å². The highest BCUT2D eigenvalue weighted by Gasteiger charge is 2.12. The van der Waals surface area contributed by atoms with Crippen molar-refractivity contribution in [3.05, 3.63) is 46.1 Å². The van der Waals surface area contributed by atoms with Crippen LogP contribution in [0.4, 0.5) is 0 Å². The molecule has 19 heavy (non-hydrogen) atoms. The maximum atomic E-state index is 3.78. The van der Waals surface area contributed by atoms with E-state index in [4.69, 9.17) is 0 Å². The Morgan fingerprint density at radius 3 is 2.74 bits per heavy atom.